The van der Waals surface area contributed by atoms with Crippen molar-refractivity contribution in [3.05, 3.63) is 35.9 Å². The molecule has 1 N–H and O–H groups in total. The van der Waals surface area contributed by atoms with E-state index in [1.54, 1.807) is 0 Å². The molecule has 1 saturated heterocycles. The molecule has 0 aromatic heterocycles. The van der Waals surface area contributed by atoms with E-state index in [0.717, 1.165) is 19.5 Å². The summed E-state index contributed by atoms with van der Waals surface area (Å²) in [6.45, 7) is 3.02. The van der Waals surface area contributed by atoms with Gasteiger partial charge in [-0.3, -0.25) is 9.69 Å². The summed E-state index contributed by atoms with van der Waals surface area (Å²) in [5.41, 5.74) is 1.20. The highest BCUT2D eigenvalue weighted by atomic mass is 19.3. The van der Waals surface area contributed by atoms with E-state index in [4.69, 9.17) is 4.74 Å². The number of rotatable bonds is 5. The number of ether oxygens (including phenoxy) is 1. The van der Waals surface area contributed by atoms with Gasteiger partial charge in [-0.1, -0.05) is 30.3 Å². The van der Waals surface area contributed by atoms with Gasteiger partial charge in [-0.25, -0.2) is 0 Å². The lowest BCUT2D eigenvalue weighted by Crippen LogP contribution is -2.41. The Morgan fingerprint density at radius 2 is 2.14 bits per heavy atom. The number of nitrogens with zero attached hydrogens (tertiary/aromatic N) is 1. The Morgan fingerprint density at radius 3 is 2.86 bits per heavy atom. The van der Waals surface area contributed by atoms with Crippen LogP contribution in [0.15, 0.2) is 30.3 Å². The van der Waals surface area contributed by atoms with Gasteiger partial charge in [0, 0.05) is 32.8 Å². The number of hydrogen-bond acceptors (Lipinski definition) is 3. The van der Waals surface area contributed by atoms with Gasteiger partial charge in [0.1, 0.15) is 0 Å². The van der Waals surface area contributed by atoms with Gasteiger partial charge < -0.3 is 10.1 Å². The lowest BCUT2D eigenvalue weighted by Gasteiger charge is -2.24. The average molecular weight is 298 g/mol. The fraction of sp³-hybridized carbons (Fsp3) is 0.533. The number of hydrogen-bond donors (Lipinski definition) is 1. The Kier molecular flexibility index (Phi) is 6.07. The minimum atomic E-state index is -2.98. The average Bonchev–Trinajstić information content (AvgIpc) is 2.71. The number of halogens is 2. The zero-order valence-electron chi connectivity index (χ0n) is 11.8. The molecule has 0 aliphatic carbocycles. The van der Waals surface area contributed by atoms with E-state index >= 15 is 0 Å². The van der Waals surface area contributed by atoms with Gasteiger partial charge in [-0.2, -0.15) is 8.78 Å². The standard InChI is InChI=1S/C15H20F2N2O2/c16-14(17)15(20)18-9-13-11-19(7-4-8-21-13)10-12-5-2-1-3-6-12/h1-3,5-6,13-14H,4,7-11H2,(H,18,20). The third kappa shape index (κ3) is 5.40. The van der Waals surface area contributed by atoms with E-state index in [0.29, 0.717) is 13.2 Å². The summed E-state index contributed by atoms with van der Waals surface area (Å²) in [6, 6.07) is 10.1. The number of carbonyl (C=O) groups is 1. The summed E-state index contributed by atoms with van der Waals surface area (Å²) in [6.07, 6.45) is -2.33. The van der Waals surface area contributed by atoms with Crippen molar-refractivity contribution in [2.75, 3.05) is 26.2 Å². The molecule has 2 rings (SSSR count). The van der Waals surface area contributed by atoms with Crippen LogP contribution in [0.25, 0.3) is 0 Å². The van der Waals surface area contributed by atoms with E-state index in [1.165, 1.54) is 5.56 Å². The lowest BCUT2D eigenvalue weighted by atomic mass is 10.2. The highest BCUT2D eigenvalue weighted by Crippen LogP contribution is 2.10. The molecule has 6 heteroatoms. The summed E-state index contributed by atoms with van der Waals surface area (Å²) in [5, 5.41) is 2.22. The van der Waals surface area contributed by atoms with Crippen LogP contribution in [-0.2, 0) is 16.1 Å². The van der Waals surface area contributed by atoms with Gasteiger partial charge in [0.25, 0.3) is 5.91 Å². The van der Waals surface area contributed by atoms with E-state index in [2.05, 4.69) is 22.3 Å². The monoisotopic (exact) mass is 298 g/mol. The van der Waals surface area contributed by atoms with Crippen molar-refractivity contribution in [1.29, 1.82) is 0 Å². The quantitative estimate of drug-likeness (QED) is 0.899. The van der Waals surface area contributed by atoms with E-state index in [9.17, 15) is 13.6 Å². The van der Waals surface area contributed by atoms with Crippen molar-refractivity contribution in [3.8, 4) is 0 Å². The SMILES string of the molecule is O=C(NCC1CN(Cc2ccccc2)CCCO1)C(F)F. The van der Waals surface area contributed by atoms with Gasteiger partial charge in [-0.05, 0) is 12.0 Å². The van der Waals surface area contributed by atoms with E-state index in [1.807, 2.05) is 18.2 Å². The minimum absolute atomic E-state index is 0.120. The number of carbonyl (C=O) groups excluding carboxylic acids is 1. The predicted molar refractivity (Wildman–Crippen MR) is 75.1 cm³/mol. The molecule has 1 fully saturated rings. The first-order valence-electron chi connectivity index (χ1n) is 7.09. The van der Waals surface area contributed by atoms with Crippen molar-refractivity contribution in [3.63, 3.8) is 0 Å². The highest BCUT2D eigenvalue weighted by molar-refractivity contribution is 5.79. The first-order valence-corrected chi connectivity index (χ1v) is 7.09. The summed E-state index contributed by atoms with van der Waals surface area (Å²) in [4.78, 5) is 13.1. The number of benzene rings is 1. The molecular formula is C15H20F2N2O2. The zero-order valence-corrected chi connectivity index (χ0v) is 11.8. The van der Waals surface area contributed by atoms with Crippen LogP contribution in [0.1, 0.15) is 12.0 Å². The molecule has 0 bridgehead atoms. The molecule has 1 aromatic carbocycles. The molecule has 1 aliphatic heterocycles. The Morgan fingerprint density at radius 1 is 1.38 bits per heavy atom. The van der Waals surface area contributed by atoms with E-state index < -0.39 is 12.3 Å². The number of nitrogens with one attached hydrogen (secondary N) is 1. The van der Waals surface area contributed by atoms with Gasteiger partial charge in [-0.15, -0.1) is 0 Å². The van der Waals surface area contributed by atoms with Gasteiger partial charge in [0.05, 0.1) is 6.10 Å². The molecule has 0 spiro atoms. The largest absolute Gasteiger partial charge is 0.375 e. The topological polar surface area (TPSA) is 41.6 Å². The van der Waals surface area contributed by atoms with Crippen LogP contribution in [0.5, 0.6) is 0 Å². The van der Waals surface area contributed by atoms with E-state index in [-0.39, 0.29) is 12.6 Å². The van der Waals surface area contributed by atoms with Gasteiger partial charge >= 0.3 is 6.43 Å². The summed E-state index contributed by atoms with van der Waals surface area (Å²) in [5.74, 6) is -1.24. The first kappa shape index (κ1) is 15.9. The normalized spacial score (nSPS) is 20.2. The summed E-state index contributed by atoms with van der Waals surface area (Å²) >= 11 is 0. The fourth-order valence-corrected chi connectivity index (χ4v) is 2.37. The molecule has 0 radical (unpaired) electrons. The lowest BCUT2D eigenvalue weighted by molar-refractivity contribution is -0.132. The van der Waals surface area contributed by atoms with Gasteiger partial charge in [0.2, 0.25) is 0 Å². The predicted octanol–water partition coefficient (Wildman–Crippen LogP) is 1.66. The minimum Gasteiger partial charge on any atom is -0.375 e. The van der Waals surface area contributed by atoms with Crippen LogP contribution in [0.4, 0.5) is 8.78 Å². The van der Waals surface area contributed by atoms with Crippen molar-refractivity contribution >= 4 is 5.91 Å². The Hall–Kier alpha value is -1.53. The van der Waals surface area contributed by atoms with Crippen molar-refractivity contribution < 1.29 is 18.3 Å². The maximum atomic E-state index is 12.2. The van der Waals surface area contributed by atoms with Crippen molar-refractivity contribution in [1.82, 2.24) is 10.2 Å². The van der Waals surface area contributed by atoms with Crippen LogP contribution < -0.4 is 5.32 Å². The zero-order chi connectivity index (χ0) is 15.1. The molecular weight excluding hydrogens is 278 g/mol. The molecule has 1 heterocycles. The second kappa shape index (κ2) is 8.05. The van der Waals surface area contributed by atoms with Gasteiger partial charge in [0.15, 0.2) is 0 Å². The van der Waals surface area contributed by atoms with Crippen LogP contribution >= 0.6 is 0 Å². The molecule has 1 unspecified atom stereocenters. The first-order chi connectivity index (χ1) is 10.1. The molecule has 1 aliphatic rings. The second-order valence-electron chi connectivity index (χ2n) is 5.11. The fourth-order valence-electron chi connectivity index (χ4n) is 2.37. The molecule has 1 aromatic rings. The molecule has 1 atom stereocenters. The molecule has 21 heavy (non-hydrogen) atoms. The highest BCUT2D eigenvalue weighted by Gasteiger charge is 2.21. The summed E-state index contributed by atoms with van der Waals surface area (Å²) in [7, 11) is 0. The Labute approximate surface area is 123 Å². The van der Waals surface area contributed by atoms with Crippen LogP contribution in [0.2, 0.25) is 0 Å². The molecule has 116 valence electrons. The number of amides is 1. The third-order valence-electron chi connectivity index (χ3n) is 3.39. The van der Waals surface area contributed by atoms with Crippen LogP contribution in [0, 0.1) is 0 Å². The molecule has 4 nitrogen and oxygen atoms in total. The van der Waals surface area contributed by atoms with Crippen molar-refractivity contribution in [2.45, 2.75) is 25.5 Å². The molecule has 0 saturated carbocycles. The van der Waals surface area contributed by atoms with Crippen LogP contribution in [-0.4, -0.2) is 49.6 Å². The smallest absolute Gasteiger partial charge is 0.315 e. The maximum absolute atomic E-state index is 12.2. The second-order valence-corrected chi connectivity index (χ2v) is 5.11. The molecule has 1 amide bonds. The van der Waals surface area contributed by atoms with Crippen LogP contribution in [0.3, 0.4) is 0 Å². The maximum Gasteiger partial charge on any atom is 0.315 e. The Balaban J connectivity index is 1.84. The third-order valence-corrected chi connectivity index (χ3v) is 3.39. The van der Waals surface area contributed by atoms with Crippen molar-refractivity contribution in [2.24, 2.45) is 0 Å². The summed E-state index contributed by atoms with van der Waals surface area (Å²) < 4.78 is 29.9. The Bertz CT molecular complexity index is 443. The number of alkyl halides is 2.